The van der Waals surface area contributed by atoms with Crippen LogP contribution in [0.25, 0.3) is 10.9 Å². The summed E-state index contributed by atoms with van der Waals surface area (Å²) in [5, 5.41) is 0.544. The molecule has 2 aliphatic carbocycles. The summed E-state index contributed by atoms with van der Waals surface area (Å²) >= 11 is 0. The summed E-state index contributed by atoms with van der Waals surface area (Å²) in [5.41, 5.74) is -1.62. The van der Waals surface area contributed by atoms with Crippen LogP contribution in [0.4, 0.5) is 0 Å². The van der Waals surface area contributed by atoms with Gasteiger partial charge in [0.25, 0.3) is 0 Å². The minimum Gasteiger partial charge on any atom is -0.496 e. The average molecular weight is 827 g/mol. The molecule has 16 heteroatoms. The highest BCUT2D eigenvalue weighted by atomic mass is 32.2. The second-order valence-electron chi connectivity index (χ2n) is 17.8. The number of carbonyl (C=O) groups excluding carboxylic acids is 4. The quantitative estimate of drug-likeness (QED) is 0.237. The molecular weight excluding hydrogens is 769 g/mol. The first-order valence-corrected chi connectivity index (χ1v) is 21.6. The number of methoxy groups -OCH3 is 3. The van der Waals surface area contributed by atoms with Crippen LogP contribution in [0, 0.1) is 29.1 Å². The Hall–Kier alpha value is -4.31. The lowest BCUT2D eigenvalue weighted by atomic mass is 9.81. The molecule has 0 spiro atoms. The molecule has 3 heterocycles. The van der Waals surface area contributed by atoms with Gasteiger partial charge in [-0.1, -0.05) is 25.1 Å². The molecule has 318 valence electrons. The monoisotopic (exact) mass is 826 g/mol. The maximum absolute atomic E-state index is 15.1. The van der Waals surface area contributed by atoms with Gasteiger partial charge in [0.2, 0.25) is 27.7 Å². The van der Waals surface area contributed by atoms with E-state index in [0.717, 1.165) is 6.42 Å². The Kier molecular flexibility index (Phi) is 12.5. The summed E-state index contributed by atoms with van der Waals surface area (Å²) in [5.74, 6) is -2.95. The van der Waals surface area contributed by atoms with Gasteiger partial charge >= 0.3 is 12.0 Å². The number of nitrogens with zero attached hydrogens (tertiary/aromatic N) is 3. The van der Waals surface area contributed by atoms with Gasteiger partial charge in [-0.15, -0.1) is 0 Å². The van der Waals surface area contributed by atoms with Gasteiger partial charge in [-0.3, -0.25) is 23.9 Å². The second-order valence-corrected chi connectivity index (χ2v) is 20.0. The maximum atomic E-state index is 15.1. The zero-order valence-corrected chi connectivity index (χ0v) is 35.7. The van der Waals surface area contributed by atoms with E-state index < -0.39 is 73.3 Å². The lowest BCUT2D eigenvalue weighted by molar-refractivity contribution is -0.160. The molecule has 2 saturated carbocycles. The fourth-order valence-corrected chi connectivity index (χ4v) is 9.80. The highest BCUT2D eigenvalue weighted by Crippen LogP contribution is 2.58. The standard InChI is InChI=1S/C42H58N4O11S/c1-25-12-9-10-13-27-21-42(27,38(50)45-58(51,52)41(5)16-17-41)22-32(47)31-19-28(56-39-43-30-14-11-15-33(54-7)35(30)36(44-39)55-8)23-46(31)37(49)29(26(18-25)24-53-6)20-34(48)57-40(2,3)4/h10-11,13-15,25-29,31H,9,12,16-24H2,1-8H3,(H,45,50)/b13-10-/t25-,26+,27-,28-,29+,31+,42-/m1/s1. The molecule has 1 saturated heterocycles. The van der Waals surface area contributed by atoms with Crippen molar-refractivity contribution < 1.29 is 51.3 Å². The third-order valence-corrected chi connectivity index (χ3v) is 14.3. The van der Waals surface area contributed by atoms with Crippen molar-refractivity contribution in [3.8, 4) is 17.6 Å². The zero-order valence-electron chi connectivity index (χ0n) is 34.9. The fourth-order valence-electron chi connectivity index (χ4n) is 8.47. The number of aromatic nitrogens is 2. The van der Waals surface area contributed by atoms with E-state index in [1.54, 1.807) is 53.0 Å². The van der Waals surface area contributed by atoms with Crippen molar-refractivity contribution in [2.75, 3.05) is 34.5 Å². The van der Waals surface area contributed by atoms with Crippen LogP contribution in [0.5, 0.6) is 17.6 Å². The number of Topliss-reactive ketones (excluding diaryl/α,β-unsaturated/α-hetero) is 1. The topological polar surface area (TPSA) is 190 Å². The van der Waals surface area contributed by atoms with Crippen molar-refractivity contribution in [1.29, 1.82) is 0 Å². The molecule has 15 nitrogen and oxygen atoms in total. The summed E-state index contributed by atoms with van der Waals surface area (Å²) in [4.78, 5) is 67.9. The van der Waals surface area contributed by atoms with Crippen LogP contribution in [0.3, 0.4) is 0 Å². The van der Waals surface area contributed by atoms with Gasteiger partial charge in [-0.25, -0.2) is 8.42 Å². The lowest BCUT2D eigenvalue weighted by Crippen LogP contribution is -2.48. The predicted octanol–water partition coefficient (Wildman–Crippen LogP) is 4.95. The van der Waals surface area contributed by atoms with Crippen LogP contribution >= 0.6 is 0 Å². The van der Waals surface area contributed by atoms with Gasteiger partial charge in [-0.05, 0) is 96.1 Å². The van der Waals surface area contributed by atoms with Gasteiger partial charge in [0.05, 0.1) is 54.8 Å². The smallest absolute Gasteiger partial charge is 0.320 e. The van der Waals surface area contributed by atoms with Crippen molar-refractivity contribution in [2.24, 2.45) is 29.1 Å². The number of carbonyl (C=O) groups is 4. The number of esters is 1. The van der Waals surface area contributed by atoms with Crippen molar-refractivity contribution >= 4 is 44.5 Å². The molecule has 3 fully saturated rings. The van der Waals surface area contributed by atoms with Crippen LogP contribution < -0.4 is 18.9 Å². The summed E-state index contributed by atoms with van der Waals surface area (Å²) in [6, 6.07) is 4.18. The van der Waals surface area contributed by atoms with E-state index in [1.165, 1.54) is 19.1 Å². The molecule has 1 aromatic heterocycles. The molecule has 0 unspecified atom stereocenters. The lowest BCUT2D eigenvalue weighted by Gasteiger charge is -2.33. The summed E-state index contributed by atoms with van der Waals surface area (Å²) in [6.45, 7) is 9.11. The first-order chi connectivity index (χ1) is 27.3. The minimum atomic E-state index is -3.98. The molecule has 1 aromatic carbocycles. The minimum absolute atomic E-state index is 0.0332. The second kappa shape index (κ2) is 16.7. The van der Waals surface area contributed by atoms with Crippen molar-refractivity contribution in [2.45, 2.75) is 115 Å². The van der Waals surface area contributed by atoms with Crippen LogP contribution in [-0.2, 0) is 38.7 Å². The molecule has 1 N–H and O–H groups in total. The van der Waals surface area contributed by atoms with E-state index in [4.69, 9.17) is 23.7 Å². The number of rotatable bonds is 11. The summed E-state index contributed by atoms with van der Waals surface area (Å²) in [6.07, 6.45) is 5.80. The third-order valence-electron chi connectivity index (χ3n) is 12.1. The number of nitrogens with one attached hydrogen (secondary N) is 1. The number of hydrogen-bond acceptors (Lipinski definition) is 13. The van der Waals surface area contributed by atoms with Gasteiger partial charge < -0.3 is 28.6 Å². The predicted molar refractivity (Wildman–Crippen MR) is 214 cm³/mol. The Morgan fingerprint density at radius 1 is 1.05 bits per heavy atom. The number of sulfonamides is 1. The third kappa shape index (κ3) is 9.27. The Balaban J connectivity index is 1.38. The highest BCUT2D eigenvalue weighted by Gasteiger charge is 2.63. The van der Waals surface area contributed by atoms with Crippen LogP contribution in [0.15, 0.2) is 30.4 Å². The summed E-state index contributed by atoms with van der Waals surface area (Å²) in [7, 11) is 0.562. The van der Waals surface area contributed by atoms with Gasteiger partial charge in [0.15, 0.2) is 5.78 Å². The van der Waals surface area contributed by atoms with Gasteiger partial charge in [-0.2, -0.15) is 9.97 Å². The number of hydrogen-bond donors (Lipinski definition) is 1. The van der Waals surface area contributed by atoms with E-state index in [2.05, 4.69) is 21.6 Å². The molecular formula is C42H58N4O11S. The molecule has 6 rings (SSSR count). The average Bonchev–Trinajstić information content (AvgIpc) is 4.03. The molecule has 2 aromatic rings. The van der Waals surface area contributed by atoms with Gasteiger partial charge in [0, 0.05) is 26.6 Å². The largest absolute Gasteiger partial charge is 0.496 e. The molecule has 7 atom stereocenters. The molecule has 2 aliphatic heterocycles. The first kappa shape index (κ1) is 43.3. The Morgan fingerprint density at radius 2 is 1.79 bits per heavy atom. The van der Waals surface area contributed by atoms with Gasteiger partial charge in [0.1, 0.15) is 22.8 Å². The molecule has 58 heavy (non-hydrogen) atoms. The zero-order chi connectivity index (χ0) is 42.2. The normalized spacial score (nSPS) is 29.3. The van der Waals surface area contributed by atoms with Crippen LogP contribution in [0.1, 0.15) is 92.4 Å². The number of allylic oxidation sites excluding steroid dienone is 2. The van der Waals surface area contributed by atoms with Crippen molar-refractivity contribution in [3.63, 3.8) is 0 Å². The molecule has 0 bridgehead atoms. The van der Waals surface area contributed by atoms with Crippen molar-refractivity contribution in [1.82, 2.24) is 19.6 Å². The highest BCUT2D eigenvalue weighted by molar-refractivity contribution is 7.91. The maximum Gasteiger partial charge on any atom is 0.320 e. The van der Waals surface area contributed by atoms with Crippen LogP contribution in [-0.4, -0.2) is 104 Å². The molecule has 2 amide bonds. The van der Waals surface area contributed by atoms with E-state index in [-0.39, 0.29) is 62.6 Å². The Bertz CT molecular complexity index is 2050. The van der Waals surface area contributed by atoms with E-state index in [0.29, 0.717) is 42.3 Å². The SMILES string of the molecule is COC[C@@H]1C[C@H](C)CC/C=C\[C@@H]2C[C@@]2(C(=O)NS(=O)(=O)C2(C)CC2)CC(=O)[C@@H]2C[C@@H](Oc3nc(OC)c4c(OC)cccc4n3)CN2C(=O)[C@H]1CC(=O)OC(C)(C)C. The van der Waals surface area contributed by atoms with Crippen molar-refractivity contribution in [3.05, 3.63) is 30.4 Å². The Morgan fingerprint density at radius 3 is 2.45 bits per heavy atom. The number of amides is 2. The number of ether oxygens (including phenoxy) is 5. The van der Waals surface area contributed by atoms with E-state index in [1.807, 2.05) is 12.2 Å². The number of ketones is 1. The first-order valence-electron chi connectivity index (χ1n) is 20.2. The van der Waals surface area contributed by atoms with E-state index >= 15 is 4.79 Å². The number of fused-ring (bicyclic) bond motifs is 3. The Labute approximate surface area is 341 Å². The van der Waals surface area contributed by atoms with Crippen LogP contribution in [0.2, 0.25) is 0 Å². The number of benzene rings is 1. The molecule has 4 aliphatic rings. The summed E-state index contributed by atoms with van der Waals surface area (Å²) < 4.78 is 56.7. The van der Waals surface area contributed by atoms with E-state index in [9.17, 15) is 22.8 Å². The molecule has 0 radical (unpaired) electrons. The fraction of sp³-hybridized carbons (Fsp3) is 0.667.